The predicted molar refractivity (Wildman–Crippen MR) is 89.3 cm³/mol. The summed E-state index contributed by atoms with van der Waals surface area (Å²) < 4.78 is 5.71. The number of hydrogen-bond donors (Lipinski definition) is 2. The summed E-state index contributed by atoms with van der Waals surface area (Å²) in [5.74, 6) is 0.00177. The van der Waals surface area contributed by atoms with Crippen LogP contribution in [0.2, 0.25) is 0 Å². The Kier molecular flexibility index (Phi) is 5.84. The summed E-state index contributed by atoms with van der Waals surface area (Å²) in [5, 5.41) is 6.48. The van der Waals surface area contributed by atoms with Crippen LogP contribution < -0.4 is 10.6 Å². The predicted octanol–water partition coefficient (Wildman–Crippen LogP) is 2.23. The first-order chi connectivity index (χ1) is 10.2. The van der Waals surface area contributed by atoms with Crippen molar-refractivity contribution >= 4 is 18.3 Å². The second kappa shape index (κ2) is 7.44. The maximum Gasteiger partial charge on any atom is 0.253 e. The Hall–Kier alpha value is -1.10. The zero-order valence-electron chi connectivity index (χ0n) is 13.1. The van der Waals surface area contributed by atoms with Crippen LogP contribution in [0.5, 0.6) is 0 Å². The molecule has 1 unspecified atom stereocenters. The van der Waals surface area contributed by atoms with Crippen LogP contribution in [-0.4, -0.2) is 32.1 Å². The molecule has 22 heavy (non-hydrogen) atoms. The quantitative estimate of drug-likeness (QED) is 0.896. The summed E-state index contributed by atoms with van der Waals surface area (Å²) in [4.78, 5) is 12.5. The maximum absolute atomic E-state index is 12.5. The van der Waals surface area contributed by atoms with E-state index in [1.807, 2.05) is 18.2 Å². The molecule has 3 rings (SSSR count). The Labute approximate surface area is 138 Å². The van der Waals surface area contributed by atoms with E-state index >= 15 is 0 Å². The molecule has 1 aromatic carbocycles. The highest BCUT2D eigenvalue weighted by Crippen LogP contribution is 2.29. The van der Waals surface area contributed by atoms with Crippen LogP contribution in [0.3, 0.4) is 0 Å². The molecule has 1 aromatic rings. The van der Waals surface area contributed by atoms with E-state index in [4.69, 9.17) is 4.74 Å². The largest absolute Gasteiger partial charge is 0.363 e. The lowest BCUT2D eigenvalue weighted by Gasteiger charge is -2.35. The standard InChI is InChI=1S/C17H24N2O2.ClH/c1-17(7-9-18-10-8-17)12-19-16(20)15-14-5-3-2-4-13(14)6-11-21-15;/h2-5,15,18H,6-12H2,1H3,(H,19,20);1H. The van der Waals surface area contributed by atoms with Crippen LogP contribution in [0.4, 0.5) is 0 Å². The van der Waals surface area contributed by atoms with Gasteiger partial charge in [-0.2, -0.15) is 0 Å². The van der Waals surface area contributed by atoms with Crippen molar-refractivity contribution in [1.29, 1.82) is 0 Å². The van der Waals surface area contributed by atoms with Gasteiger partial charge in [0.15, 0.2) is 6.10 Å². The number of carbonyl (C=O) groups is 1. The molecule has 0 saturated carbocycles. The smallest absolute Gasteiger partial charge is 0.253 e. The molecular formula is C17H25ClN2O2. The number of piperidine rings is 1. The summed E-state index contributed by atoms with van der Waals surface area (Å²) >= 11 is 0. The van der Waals surface area contributed by atoms with Gasteiger partial charge in [-0.25, -0.2) is 0 Å². The molecule has 2 N–H and O–H groups in total. The number of carbonyl (C=O) groups excluding carboxylic acids is 1. The summed E-state index contributed by atoms with van der Waals surface area (Å²) in [7, 11) is 0. The fourth-order valence-electron chi connectivity index (χ4n) is 3.21. The highest BCUT2D eigenvalue weighted by atomic mass is 35.5. The lowest BCUT2D eigenvalue weighted by molar-refractivity contribution is -0.134. The van der Waals surface area contributed by atoms with Crippen molar-refractivity contribution < 1.29 is 9.53 Å². The Morgan fingerprint density at radius 2 is 2.09 bits per heavy atom. The van der Waals surface area contributed by atoms with Crippen molar-refractivity contribution in [2.75, 3.05) is 26.2 Å². The van der Waals surface area contributed by atoms with E-state index in [-0.39, 0.29) is 23.7 Å². The minimum absolute atomic E-state index is 0. The number of amides is 1. The lowest BCUT2D eigenvalue weighted by Crippen LogP contribution is -2.44. The average molecular weight is 325 g/mol. The van der Waals surface area contributed by atoms with Crippen molar-refractivity contribution in [3.63, 3.8) is 0 Å². The van der Waals surface area contributed by atoms with E-state index in [9.17, 15) is 4.79 Å². The number of halogens is 1. The third-order valence-corrected chi connectivity index (χ3v) is 4.73. The van der Waals surface area contributed by atoms with E-state index in [2.05, 4.69) is 23.6 Å². The summed E-state index contributed by atoms with van der Waals surface area (Å²) in [5.41, 5.74) is 2.46. The molecule has 1 saturated heterocycles. The highest BCUT2D eigenvalue weighted by molar-refractivity contribution is 5.85. The monoisotopic (exact) mass is 324 g/mol. The molecule has 2 heterocycles. The van der Waals surface area contributed by atoms with E-state index < -0.39 is 6.10 Å². The van der Waals surface area contributed by atoms with E-state index in [1.165, 1.54) is 5.56 Å². The van der Waals surface area contributed by atoms with E-state index in [1.54, 1.807) is 0 Å². The van der Waals surface area contributed by atoms with E-state index in [0.717, 1.165) is 44.5 Å². The molecule has 122 valence electrons. The number of hydrogen-bond acceptors (Lipinski definition) is 3. The molecule has 0 aliphatic carbocycles. The Balaban J connectivity index is 0.00000176. The maximum atomic E-state index is 12.5. The molecule has 0 radical (unpaired) electrons. The fraction of sp³-hybridized carbons (Fsp3) is 0.588. The van der Waals surface area contributed by atoms with Crippen LogP contribution >= 0.6 is 12.4 Å². The van der Waals surface area contributed by atoms with Crippen LogP contribution in [0.25, 0.3) is 0 Å². The molecule has 1 atom stereocenters. The van der Waals surface area contributed by atoms with Gasteiger partial charge in [0.1, 0.15) is 0 Å². The number of nitrogens with one attached hydrogen (secondary N) is 2. The minimum atomic E-state index is -0.444. The SMILES string of the molecule is CC1(CNC(=O)C2OCCc3ccccc32)CCNCC1.Cl. The molecule has 4 nitrogen and oxygen atoms in total. The summed E-state index contributed by atoms with van der Waals surface area (Å²) in [6.45, 7) is 5.68. The minimum Gasteiger partial charge on any atom is -0.363 e. The molecule has 0 aromatic heterocycles. The second-order valence-corrected chi connectivity index (χ2v) is 6.48. The number of benzene rings is 1. The van der Waals surface area contributed by atoms with Crippen molar-refractivity contribution in [3.05, 3.63) is 35.4 Å². The Morgan fingerprint density at radius 3 is 2.86 bits per heavy atom. The van der Waals surface area contributed by atoms with Gasteiger partial charge >= 0.3 is 0 Å². The van der Waals surface area contributed by atoms with Gasteiger partial charge in [-0.3, -0.25) is 4.79 Å². The van der Waals surface area contributed by atoms with Crippen molar-refractivity contribution in [2.45, 2.75) is 32.3 Å². The number of ether oxygens (including phenoxy) is 1. The average Bonchev–Trinajstić information content (AvgIpc) is 2.53. The third kappa shape index (κ3) is 3.80. The number of fused-ring (bicyclic) bond motifs is 1. The molecule has 0 spiro atoms. The van der Waals surface area contributed by atoms with Gasteiger partial charge in [0, 0.05) is 6.54 Å². The van der Waals surface area contributed by atoms with Gasteiger partial charge in [0.25, 0.3) is 5.91 Å². The lowest BCUT2D eigenvalue weighted by atomic mass is 9.81. The Bertz CT molecular complexity index is 515. The third-order valence-electron chi connectivity index (χ3n) is 4.73. The van der Waals surface area contributed by atoms with Crippen LogP contribution in [0.15, 0.2) is 24.3 Å². The van der Waals surface area contributed by atoms with Crippen LogP contribution in [0.1, 0.15) is 37.0 Å². The van der Waals surface area contributed by atoms with Gasteiger partial charge in [0.05, 0.1) is 6.61 Å². The first-order valence-electron chi connectivity index (χ1n) is 7.86. The molecule has 1 fully saturated rings. The molecule has 0 bridgehead atoms. The first-order valence-corrected chi connectivity index (χ1v) is 7.86. The molecule has 2 aliphatic rings. The van der Waals surface area contributed by atoms with Gasteiger partial charge in [-0.1, -0.05) is 31.2 Å². The summed E-state index contributed by atoms with van der Waals surface area (Å²) in [6, 6.07) is 8.09. The normalized spacial score (nSPS) is 23.0. The van der Waals surface area contributed by atoms with Gasteiger partial charge in [-0.05, 0) is 48.9 Å². The van der Waals surface area contributed by atoms with E-state index in [0.29, 0.717) is 6.61 Å². The van der Waals surface area contributed by atoms with Gasteiger partial charge in [0.2, 0.25) is 0 Å². The van der Waals surface area contributed by atoms with Crippen molar-refractivity contribution in [2.24, 2.45) is 5.41 Å². The summed E-state index contributed by atoms with van der Waals surface area (Å²) in [6.07, 6.45) is 2.66. The van der Waals surface area contributed by atoms with Crippen LogP contribution in [0, 0.1) is 5.41 Å². The second-order valence-electron chi connectivity index (χ2n) is 6.48. The van der Waals surface area contributed by atoms with Crippen molar-refractivity contribution in [3.8, 4) is 0 Å². The molecule has 1 amide bonds. The Morgan fingerprint density at radius 1 is 1.36 bits per heavy atom. The number of rotatable bonds is 3. The van der Waals surface area contributed by atoms with Crippen LogP contribution in [-0.2, 0) is 16.0 Å². The fourth-order valence-corrected chi connectivity index (χ4v) is 3.21. The van der Waals surface area contributed by atoms with Gasteiger partial charge in [-0.15, -0.1) is 12.4 Å². The molecular weight excluding hydrogens is 300 g/mol. The van der Waals surface area contributed by atoms with Gasteiger partial charge < -0.3 is 15.4 Å². The first kappa shape index (κ1) is 17.3. The molecule has 2 aliphatic heterocycles. The molecule has 5 heteroatoms. The van der Waals surface area contributed by atoms with Crippen molar-refractivity contribution in [1.82, 2.24) is 10.6 Å². The zero-order valence-corrected chi connectivity index (χ0v) is 13.9. The zero-order chi connectivity index (χ0) is 14.7. The topological polar surface area (TPSA) is 50.4 Å². The highest BCUT2D eigenvalue weighted by Gasteiger charge is 2.31.